The fourth-order valence-corrected chi connectivity index (χ4v) is 2.94. The van der Waals surface area contributed by atoms with E-state index in [1.807, 2.05) is 31.2 Å². The van der Waals surface area contributed by atoms with Crippen LogP contribution in [0.15, 0.2) is 24.3 Å². The Morgan fingerprint density at radius 2 is 1.95 bits per heavy atom. The van der Waals surface area contributed by atoms with Crippen molar-refractivity contribution in [2.45, 2.75) is 45.6 Å². The molecule has 0 spiro atoms. The number of nitrogens with one attached hydrogen (secondary N) is 2. The Kier molecular flexibility index (Phi) is 5.65. The molecule has 1 aromatic carbocycles. The average Bonchev–Trinajstić information content (AvgIpc) is 2.44. The zero-order chi connectivity index (χ0) is 14.4. The van der Waals surface area contributed by atoms with E-state index in [-0.39, 0.29) is 0 Å². The average molecular weight is 292 g/mol. The molecule has 110 valence electrons. The number of ether oxygens (including phenoxy) is 1. The number of rotatable bonds is 4. The minimum absolute atomic E-state index is 0.506. The van der Waals surface area contributed by atoms with Gasteiger partial charge in [-0.05, 0) is 62.2 Å². The van der Waals surface area contributed by atoms with Gasteiger partial charge in [-0.15, -0.1) is 0 Å². The van der Waals surface area contributed by atoms with Crippen LogP contribution in [0.5, 0.6) is 5.75 Å². The van der Waals surface area contributed by atoms with E-state index in [4.69, 9.17) is 17.0 Å². The first-order valence-corrected chi connectivity index (χ1v) is 7.90. The molecule has 2 atom stereocenters. The van der Waals surface area contributed by atoms with Crippen LogP contribution in [0.2, 0.25) is 0 Å². The third-order valence-corrected chi connectivity index (χ3v) is 4.07. The van der Waals surface area contributed by atoms with Crippen molar-refractivity contribution in [1.82, 2.24) is 5.32 Å². The highest BCUT2D eigenvalue weighted by Gasteiger charge is 2.21. The van der Waals surface area contributed by atoms with Crippen LogP contribution in [0.4, 0.5) is 5.69 Å². The summed E-state index contributed by atoms with van der Waals surface area (Å²) in [4.78, 5) is 0. The number of benzene rings is 1. The molecule has 0 heterocycles. The predicted molar refractivity (Wildman–Crippen MR) is 88.4 cm³/mol. The maximum atomic E-state index is 5.43. The molecule has 1 aliphatic rings. The third kappa shape index (κ3) is 4.37. The molecule has 20 heavy (non-hydrogen) atoms. The topological polar surface area (TPSA) is 33.3 Å². The smallest absolute Gasteiger partial charge is 0.171 e. The molecule has 0 bridgehead atoms. The third-order valence-electron chi connectivity index (χ3n) is 3.85. The van der Waals surface area contributed by atoms with E-state index in [2.05, 4.69) is 17.6 Å². The van der Waals surface area contributed by atoms with Gasteiger partial charge in [0.1, 0.15) is 5.75 Å². The Bertz CT molecular complexity index is 433. The number of anilines is 1. The maximum Gasteiger partial charge on any atom is 0.171 e. The summed E-state index contributed by atoms with van der Waals surface area (Å²) >= 11 is 5.40. The SMILES string of the molecule is CCOc1ccc(NC(=S)N[C@@H]2CCCC[C@@H]2C)cc1. The van der Waals surface area contributed by atoms with Crippen molar-refractivity contribution >= 4 is 23.0 Å². The van der Waals surface area contributed by atoms with E-state index in [0.717, 1.165) is 11.4 Å². The van der Waals surface area contributed by atoms with Crippen molar-refractivity contribution in [1.29, 1.82) is 0 Å². The lowest BCUT2D eigenvalue weighted by Gasteiger charge is -2.30. The molecular weight excluding hydrogens is 268 g/mol. The fourth-order valence-electron chi connectivity index (χ4n) is 2.67. The molecule has 0 aromatic heterocycles. The zero-order valence-corrected chi connectivity index (χ0v) is 13.1. The quantitative estimate of drug-likeness (QED) is 0.823. The minimum Gasteiger partial charge on any atom is -0.494 e. The molecule has 3 nitrogen and oxygen atoms in total. The Balaban J connectivity index is 1.84. The largest absolute Gasteiger partial charge is 0.494 e. The second kappa shape index (κ2) is 7.48. The minimum atomic E-state index is 0.506. The van der Waals surface area contributed by atoms with Crippen LogP contribution in [0.1, 0.15) is 39.5 Å². The van der Waals surface area contributed by atoms with Crippen molar-refractivity contribution in [2.24, 2.45) is 5.92 Å². The van der Waals surface area contributed by atoms with Gasteiger partial charge in [-0.1, -0.05) is 19.8 Å². The molecule has 0 radical (unpaired) electrons. The summed E-state index contributed by atoms with van der Waals surface area (Å²) in [6, 6.07) is 8.40. The first kappa shape index (κ1) is 15.1. The normalized spacial score (nSPS) is 22.1. The first-order valence-electron chi connectivity index (χ1n) is 7.49. The van der Waals surface area contributed by atoms with Gasteiger partial charge in [0, 0.05) is 11.7 Å². The molecule has 2 rings (SSSR count). The Hall–Kier alpha value is -1.29. The summed E-state index contributed by atoms with van der Waals surface area (Å²) in [5.41, 5.74) is 0.995. The van der Waals surface area contributed by atoms with Crippen LogP contribution in [0.25, 0.3) is 0 Å². The van der Waals surface area contributed by atoms with E-state index >= 15 is 0 Å². The number of hydrogen-bond donors (Lipinski definition) is 2. The summed E-state index contributed by atoms with van der Waals surface area (Å²) in [5.74, 6) is 1.58. The van der Waals surface area contributed by atoms with E-state index in [1.165, 1.54) is 25.7 Å². The zero-order valence-electron chi connectivity index (χ0n) is 12.3. The highest BCUT2D eigenvalue weighted by molar-refractivity contribution is 7.80. The summed E-state index contributed by atoms with van der Waals surface area (Å²) in [7, 11) is 0. The van der Waals surface area contributed by atoms with Crippen molar-refractivity contribution in [3.8, 4) is 5.75 Å². The molecule has 1 aliphatic carbocycles. The molecule has 0 aliphatic heterocycles. The summed E-state index contributed by atoms with van der Waals surface area (Å²) < 4.78 is 5.43. The first-order chi connectivity index (χ1) is 9.69. The van der Waals surface area contributed by atoms with Crippen LogP contribution in [0, 0.1) is 5.92 Å². The Labute approximate surface area is 127 Å². The van der Waals surface area contributed by atoms with E-state index in [0.29, 0.717) is 23.7 Å². The van der Waals surface area contributed by atoms with Crippen LogP contribution in [-0.2, 0) is 0 Å². The van der Waals surface area contributed by atoms with Gasteiger partial charge in [0.05, 0.1) is 6.61 Å². The highest BCUT2D eigenvalue weighted by atomic mass is 32.1. The summed E-state index contributed by atoms with van der Waals surface area (Å²) in [6.07, 6.45) is 5.15. The molecule has 1 aromatic rings. The number of hydrogen-bond acceptors (Lipinski definition) is 2. The van der Waals surface area contributed by atoms with Gasteiger partial charge in [0.2, 0.25) is 0 Å². The van der Waals surface area contributed by atoms with Crippen molar-refractivity contribution in [2.75, 3.05) is 11.9 Å². The van der Waals surface area contributed by atoms with Gasteiger partial charge in [0.15, 0.2) is 5.11 Å². The summed E-state index contributed by atoms with van der Waals surface area (Å²) in [5, 5.41) is 7.41. The van der Waals surface area contributed by atoms with Gasteiger partial charge in [0.25, 0.3) is 0 Å². The molecule has 0 saturated heterocycles. The van der Waals surface area contributed by atoms with Crippen molar-refractivity contribution in [3.63, 3.8) is 0 Å². The second-order valence-corrected chi connectivity index (χ2v) is 5.83. The number of thiocarbonyl (C=S) groups is 1. The Morgan fingerprint density at radius 1 is 1.25 bits per heavy atom. The lowest BCUT2D eigenvalue weighted by molar-refractivity contribution is 0.309. The lowest BCUT2D eigenvalue weighted by Crippen LogP contribution is -2.43. The fraction of sp³-hybridized carbons (Fsp3) is 0.562. The molecule has 1 fully saturated rings. The van der Waals surface area contributed by atoms with E-state index in [9.17, 15) is 0 Å². The molecule has 0 unspecified atom stereocenters. The van der Waals surface area contributed by atoms with Gasteiger partial charge in [-0.3, -0.25) is 0 Å². The lowest BCUT2D eigenvalue weighted by atomic mass is 9.86. The molecule has 1 saturated carbocycles. The van der Waals surface area contributed by atoms with Gasteiger partial charge >= 0.3 is 0 Å². The van der Waals surface area contributed by atoms with E-state index in [1.54, 1.807) is 0 Å². The van der Waals surface area contributed by atoms with Crippen LogP contribution < -0.4 is 15.4 Å². The standard InChI is InChI=1S/C16H24N2OS/c1-3-19-14-10-8-13(9-11-14)17-16(20)18-15-7-5-4-6-12(15)2/h8-12,15H,3-7H2,1-2H3,(H2,17,18,20)/t12-,15+/m0/s1. The van der Waals surface area contributed by atoms with Gasteiger partial charge < -0.3 is 15.4 Å². The maximum absolute atomic E-state index is 5.43. The van der Waals surface area contributed by atoms with Gasteiger partial charge in [-0.2, -0.15) is 0 Å². The summed E-state index contributed by atoms with van der Waals surface area (Å²) in [6.45, 7) is 4.97. The highest BCUT2D eigenvalue weighted by Crippen LogP contribution is 2.24. The van der Waals surface area contributed by atoms with Crippen LogP contribution in [0.3, 0.4) is 0 Å². The Morgan fingerprint density at radius 3 is 2.60 bits per heavy atom. The van der Waals surface area contributed by atoms with Crippen LogP contribution in [-0.4, -0.2) is 17.8 Å². The molecule has 2 N–H and O–H groups in total. The van der Waals surface area contributed by atoms with Crippen molar-refractivity contribution in [3.05, 3.63) is 24.3 Å². The second-order valence-electron chi connectivity index (χ2n) is 5.42. The molecule has 0 amide bonds. The van der Waals surface area contributed by atoms with Gasteiger partial charge in [-0.25, -0.2) is 0 Å². The predicted octanol–water partition coefficient (Wildman–Crippen LogP) is 3.95. The molecule has 4 heteroatoms. The van der Waals surface area contributed by atoms with Crippen LogP contribution >= 0.6 is 12.2 Å². The monoisotopic (exact) mass is 292 g/mol. The van der Waals surface area contributed by atoms with Crippen molar-refractivity contribution < 1.29 is 4.74 Å². The molecular formula is C16H24N2OS. The van der Waals surface area contributed by atoms with E-state index < -0.39 is 0 Å².